The van der Waals surface area contributed by atoms with Crippen molar-refractivity contribution >= 4 is 9.52 Å². The highest BCUT2D eigenvalue weighted by molar-refractivity contribution is 6.37. The van der Waals surface area contributed by atoms with E-state index in [1.807, 2.05) is 6.92 Å². The first-order valence-electron chi connectivity index (χ1n) is 5.12. The third-order valence-electron chi connectivity index (χ3n) is 2.15. The van der Waals surface area contributed by atoms with Crippen LogP contribution in [0.1, 0.15) is 26.7 Å². The second-order valence-electron chi connectivity index (χ2n) is 3.25. The lowest BCUT2D eigenvalue weighted by Crippen LogP contribution is -2.26. The lowest BCUT2D eigenvalue weighted by atomic mass is 10.5. The molecule has 0 aromatic rings. The van der Waals surface area contributed by atoms with Gasteiger partial charge in [0.25, 0.3) is 0 Å². The smallest absolute Gasteiger partial charge is 0.154 e. The fourth-order valence-electron chi connectivity index (χ4n) is 1.21. The van der Waals surface area contributed by atoms with Crippen LogP contribution in [0.25, 0.3) is 0 Å². The normalized spacial score (nSPS) is 16.6. The van der Waals surface area contributed by atoms with Gasteiger partial charge in [-0.25, -0.2) is 0 Å². The molecular formula is C9H23NO2Si. The summed E-state index contributed by atoms with van der Waals surface area (Å²) in [5, 5.41) is 0. The summed E-state index contributed by atoms with van der Waals surface area (Å²) in [4.78, 5) is 0. The third kappa shape index (κ3) is 7.19. The summed E-state index contributed by atoms with van der Waals surface area (Å²) in [6, 6.07) is 1.28. The molecule has 0 radical (unpaired) electrons. The van der Waals surface area contributed by atoms with Crippen LogP contribution >= 0.6 is 0 Å². The van der Waals surface area contributed by atoms with Gasteiger partial charge in [0.2, 0.25) is 0 Å². The topological polar surface area (TPSA) is 44.5 Å². The minimum absolute atomic E-state index is 0.0599. The van der Waals surface area contributed by atoms with Gasteiger partial charge in [-0.2, -0.15) is 0 Å². The van der Waals surface area contributed by atoms with E-state index in [2.05, 4.69) is 6.92 Å². The van der Waals surface area contributed by atoms with Crippen LogP contribution in [-0.4, -0.2) is 35.2 Å². The number of rotatable bonds is 8. The maximum atomic E-state index is 5.69. The van der Waals surface area contributed by atoms with Crippen molar-refractivity contribution < 1.29 is 9.47 Å². The molecule has 0 aromatic heterocycles. The van der Waals surface area contributed by atoms with Gasteiger partial charge in [-0.05, 0) is 26.3 Å². The summed E-state index contributed by atoms with van der Waals surface area (Å²) in [5.74, 6) is 0. The number of nitrogens with two attached hydrogens (primary N) is 1. The maximum absolute atomic E-state index is 5.69. The number of ether oxygens (including phenoxy) is 2. The molecule has 0 bridgehead atoms. The van der Waals surface area contributed by atoms with Gasteiger partial charge in [0.05, 0.1) is 9.52 Å². The fraction of sp³-hybridized carbons (Fsp3) is 1.00. The van der Waals surface area contributed by atoms with Gasteiger partial charge in [-0.3, -0.25) is 0 Å². The van der Waals surface area contributed by atoms with Gasteiger partial charge in [0.1, 0.15) is 0 Å². The molecule has 0 aromatic carbocycles. The quantitative estimate of drug-likeness (QED) is 0.360. The fourth-order valence-corrected chi connectivity index (χ4v) is 3.06. The van der Waals surface area contributed by atoms with Crippen molar-refractivity contribution in [3.63, 3.8) is 0 Å². The van der Waals surface area contributed by atoms with E-state index in [4.69, 9.17) is 15.2 Å². The SMILES string of the molecule is CCC(OC(C)OC)[SiH2]CCCN. The van der Waals surface area contributed by atoms with Crippen LogP contribution < -0.4 is 5.73 Å². The summed E-state index contributed by atoms with van der Waals surface area (Å²) in [6.07, 6.45) is 2.19. The minimum Gasteiger partial charge on any atom is -0.356 e. The molecule has 2 unspecified atom stereocenters. The molecule has 0 aliphatic carbocycles. The largest absolute Gasteiger partial charge is 0.356 e. The standard InChI is InChI=1S/C9H23NO2Si/c1-4-9(12-8(2)11-3)13-7-5-6-10/h8-9H,4-7,10,13H2,1-3H3. The number of hydrogen-bond acceptors (Lipinski definition) is 3. The average molecular weight is 205 g/mol. The molecule has 0 saturated carbocycles. The summed E-state index contributed by atoms with van der Waals surface area (Å²) in [5.41, 5.74) is 5.90. The highest BCUT2D eigenvalue weighted by Crippen LogP contribution is 2.04. The Hall–Kier alpha value is 0.0969. The van der Waals surface area contributed by atoms with Gasteiger partial charge in [-0.15, -0.1) is 0 Å². The van der Waals surface area contributed by atoms with Crippen molar-refractivity contribution in [2.24, 2.45) is 5.73 Å². The van der Waals surface area contributed by atoms with Crippen molar-refractivity contribution in [2.75, 3.05) is 13.7 Å². The first kappa shape index (κ1) is 13.1. The molecule has 4 heteroatoms. The van der Waals surface area contributed by atoms with E-state index in [1.165, 1.54) is 6.04 Å². The van der Waals surface area contributed by atoms with Crippen LogP contribution in [0, 0.1) is 0 Å². The Kier molecular flexibility index (Phi) is 8.75. The van der Waals surface area contributed by atoms with Crippen LogP contribution in [0.4, 0.5) is 0 Å². The second kappa shape index (κ2) is 8.68. The summed E-state index contributed by atoms with van der Waals surface area (Å²) < 4.78 is 10.8. The monoisotopic (exact) mass is 205 g/mol. The lowest BCUT2D eigenvalue weighted by molar-refractivity contribution is -0.123. The number of hydrogen-bond donors (Lipinski definition) is 1. The molecule has 0 aliphatic rings. The number of methoxy groups -OCH3 is 1. The van der Waals surface area contributed by atoms with Crippen LogP contribution in [0.15, 0.2) is 0 Å². The van der Waals surface area contributed by atoms with Gasteiger partial charge in [-0.1, -0.05) is 13.0 Å². The molecule has 0 spiro atoms. The first-order chi connectivity index (χ1) is 6.24. The Morgan fingerprint density at radius 3 is 2.62 bits per heavy atom. The molecule has 2 atom stereocenters. The van der Waals surface area contributed by atoms with E-state index in [0.29, 0.717) is 5.73 Å². The molecular weight excluding hydrogens is 182 g/mol. The Morgan fingerprint density at radius 2 is 2.15 bits per heavy atom. The molecule has 3 nitrogen and oxygen atoms in total. The highest BCUT2D eigenvalue weighted by Gasteiger charge is 2.10. The molecule has 2 N–H and O–H groups in total. The Bertz CT molecular complexity index is 114. The Labute approximate surface area is 83.8 Å². The van der Waals surface area contributed by atoms with Gasteiger partial charge in [0.15, 0.2) is 6.29 Å². The van der Waals surface area contributed by atoms with E-state index in [-0.39, 0.29) is 15.8 Å². The van der Waals surface area contributed by atoms with Crippen molar-refractivity contribution in [3.05, 3.63) is 0 Å². The molecule has 0 rings (SSSR count). The molecule has 0 fully saturated rings. The summed E-state index contributed by atoms with van der Waals surface area (Å²) in [7, 11) is 1.56. The van der Waals surface area contributed by atoms with E-state index in [9.17, 15) is 0 Å². The van der Waals surface area contributed by atoms with Crippen molar-refractivity contribution in [1.82, 2.24) is 0 Å². The van der Waals surface area contributed by atoms with E-state index in [1.54, 1.807) is 7.11 Å². The molecule has 0 amide bonds. The van der Waals surface area contributed by atoms with Crippen LogP contribution in [0.5, 0.6) is 0 Å². The van der Waals surface area contributed by atoms with Gasteiger partial charge >= 0.3 is 0 Å². The molecule has 13 heavy (non-hydrogen) atoms. The minimum atomic E-state index is -0.120. The zero-order valence-electron chi connectivity index (χ0n) is 9.08. The van der Waals surface area contributed by atoms with Crippen molar-refractivity contribution in [1.29, 1.82) is 0 Å². The van der Waals surface area contributed by atoms with Crippen LogP contribution in [-0.2, 0) is 9.47 Å². The Morgan fingerprint density at radius 1 is 1.46 bits per heavy atom. The first-order valence-corrected chi connectivity index (χ1v) is 6.94. The van der Waals surface area contributed by atoms with E-state index in [0.717, 1.165) is 19.4 Å². The maximum Gasteiger partial charge on any atom is 0.154 e. The molecule has 80 valence electrons. The zero-order chi connectivity index (χ0) is 10.1. The molecule has 0 heterocycles. The average Bonchev–Trinajstić information content (AvgIpc) is 2.16. The van der Waals surface area contributed by atoms with E-state index < -0.39 is 0 Å². The predicted molar refractivity (Wildman–Crippen MR) is 58.7 cm³/mol. The zero-order valence-corrected chi connectivity index (χ0v) is 10.5. The lowest BCUT2D eigenvalue weighted by Gasteiger charge is -2.19. The van der Waals surface area contributed by atoms with Gasteiger partial charge < -0.3 is 15.2 Å². The third-order valence-corrected chi connectivity index (χ3v) is 4.47. The molecule has 0 saturated heterocycles. The van der Waals surface area contributed by atoms with Gasteiger partial charge in [0, 0.05) is 12.8 Å². The van der Waals surface area contributed by atoms with Crippen LogP contribution in [0.2, 0.25) is 6.04 Å². The Balaban J connectivity index is 3.50. The molecule has 0 aliphatic heterocycles. The van der Waals surface area contributed by atoms with Crippen molar-refractivity contribution in [2.45, 2.75) is 44.8 Å². The van der Waals surface area contributed by atoms with Crippen LogP contribution in [0.3, 0.4) is 0 Å². The van der Waals surface area contributed by atoms with E-state index >= 15 is 0 Å². The second-order valence-corrected chi connectivity index (χ2v) is 5.45. The van der Waals surface area contributed by atoms with Crippen molar-refractivity contribution in [3.8, 4) is 0 Å². The highest BCUT2D eigenvalue weighted by atomic mass is 28.2. The predicted octanol–water partition coefficient (Wildman–Crippen LogP) is 0.667. The summed E-state index contributed by atoms with van der Waals surface area (Å²) in [6.45, 7) is 4.92. The summed E-state index contributed by atoms with van der Waals surface area (Å²) >= 11 is 0.